The molecular formula is C23H25N3O2S. The van der Waals surface area contributed by atoms with E-state index < -0.39 is 14.8 Å². The zero-order valence-electron chi connectivity index (χ0n) is 16.5. The van der Waals surface area contributed by atoms with Crippen molar-refractivity contribution in [2.75, 3.05) is 11.3 Å². The van der Waals surface area contributed by atoms with E-state index in [1.165, 1.54) is 0 Å². The monoisotopic (exact) mass is 407 g/mol. The van der Waals surface area contributed by atoms with E-state index in [-0.39, 0.29) is 0 Å². The lowest BCUT2D eigenvalue weighted by atomic mass is 9.98. The first-order valence-electron chi connectivity index (χ1n) is 9.55. The average molecular weight is 408 g/mol. The zero-order valence-corrected chi connectivity index (χ0v) is 17.3. The van der Waals surface area contributed by atoms with Crippen molar-refractivity contribution in [1.29, 1.82) is 5.26 Å². The van der Waals surface area contributed by atoms with Crippen LogP contribution in [0.2, 0.25) is 0 Å². The van der Waals surface area contributed by atoms with E-state index in [1.807, 2.05) is 42.5 Å². The second kappa shape index (κ2) is 8.97. The fourth-order valence-electron chi connectivity index (χ4n) is 3.33. The van der Waals surface area contributed by atoms with Gasteiger partial charge in [-0.15, -0.1) is 0 Å². The molecule has 0 fully saturated rings. The third-order valence-corrected chi connectivity index (χ3v) is 7.04. The fourth-order valence-corrected chi connectivity index (χ4v) is 4.61. The smallest absolute Gasteiger partial charge is 0.242 e. The van der Waals surface area contributed by atoms with E-state index >= 15 is 0 Å². The maximum atomic E-state index is 13.2. The molecule has 0 saturated heterocycles. The van der Waals surface area contributed by atoms with Crippen LogP contribution < -0.4 is 4.72 Å². The molecule has 5 nitrogen and oxygen atoms in total. The molecular weight excluding hydrogens is 382 g/mol. The first kappa shape index (κ1) is 20.7. The van der Waals surface area contributed by atoms with Gasteiger partial charge in [0.15, 0.2) is 0 Å². The number of nitrogens with zero attached hydrogens (tertiary/aromatic N) is 2. The number of para-hydroxylation sites is 1. The van der Waals surface area contributed by atoms with Crippen LogP contribution >= 0.6 is 0 Å². The van der Waals surface area contributed by atoms with Gasteiger partial charge in [0.1, 0.15) is 4.75 Å². The van der Waals surface area contributed by atoms with Crippen LogP contribution in [0.5, 0.6) is 0 Å². The predicted octanol–water partition coefficient (Wildman–Crippen LogP) is 4.45. The standard InChI is InChI=1S/C23H25N3O2S/c1-23(29(27,28)25-21-12-6-3-7-13-21)15-8-14-22(18-23)26(17-9-16-24)19-20-10-4-2-5-11-20/h2-8,10-15,25H,9,17-19H2,1H3. The molecule has 0 aromatic heterocycles. The minimum absolute atomic E-state index is 0.337. The number of benzene rings is 2. The normalized spacial score (nSPS) is 18.6. The Hall–Kier alpha value is -3.04. The molecule has 1 N–H and O–H groups in total. The topological polar surface area (TPSA) is 73.2 Å². The van der Waals surface area contributed by atoms with Gasteiger partial charge in [0.25, 0.3) is 0 Å². The molecule has 2 aromatic rings. The van der Waals surface area contributed by atoms with Gasteiger partial charge in [-0.2, -0.15) is 5.26 Å². The van der Waals surface area contributed by atoms with E-state index in [0.29, 0.717) is 31.6 Å². The maximum Gasteiger partial charge on any atom is 0.242 e. The second-order valence-corrected chi connectivity index (χ2v) is 9.44. The summed E-state index contributed by atoms with van der Waals surface area (Å²) in [6, 6.07) is 21.1. The Morgan fingerprint density at radius 1 is 1.10 bits per heavy atom. The van der Waals surface area contributed by atoms with Crippen molar-refractivity contribution in [3.05, 3.63) is 90.2 Å². The molecule has 0 amide bonds. The Morgan fingerprint density at radius 2 is 1.76 bits per heavy atom. The fraction of sp³-hybridized carbons (Fsp3) is 0.261. The van der Waals surface area contributed by atoms with E-state index in [2.05, 4.69) is 15.7 Å². The Labute approximate surface area is 173 Å². The molecule has 0 heterocycles. The minimum Gasteiger partial charge on any atom is -0.369 e. The summed E-state index contributed by atoms with van der Waals surface area (Å²) in [6.45, 7) is 2.91. The maximum absolute atomic E-state index is 13.2. The summed E-state index contributed by atoms with van der Waals surface area (Å²) in [6.07, 6.45) is 6.18. The van der Waals surface area contributed by atoms with Crippen LogP contribution in [0.4, 0.5) is 5.69 Å². The minimum atomic E-state index is -3.67. The highest BCUT2D eigenvalue weighted by Crippen LogP contribution is 2.34. The Bertz CT molecular complexity index is 1020. The van der Waals surface area contributed by atoms with Gasteiger partial charge in [-0.05, 0) is 30.7 Å². The number of hydrogen-bond donors (Lipinski definition) is 1. The highest BCUT2D eigenvalue weighted by Gasteiger charge is 2.39. The number of sulfonamides is 1. The summed E-state index contributed by atoms with van der Waals surface area (Å²) in [5, 5.41) is 9.06. The van der Waals surface area contributed by atoms with E-state index in [1.54, 1.807) is 43.3 Å². The van der Waals surface area contributed by atoms with Crippen molar-refractivity contribution in [1.82, 2.24) is 4.90 Å². The SMILES string of the molecule is CC1(S(=O)(=O)Nc2ccccc2)C=CC=C(N(CCC#N)Cc2ccccc2)C1. The summed E-state index contributed by atoms with van der Waals surface area (Å²) in [5.41, 5.74) is 2.57. The predicted molar refractivity (Wildman–Crippen MR) is 116 cm³/mol. The van der Waals surface area contributed by atoms with Gasteiger partial charge in [0.05, 0.1) is 12.5 Å². The van der Waals surface area contributed by atoms with Crippen molar-refractivity contribution >= 4 is 15.7 Å². The second-order valence-electron chi connectivity index (χ2n) is 7.29. The van der Waals surface area contributed by atoms with Gasteiger partial charge in [0, 0.05) is 30.9 Å². The number of hydrogen-bond acceptors (Lipinski definition) is 4. The number of nitrogens with one attached hydrogen (secondary N) is 1. The number of nitriles is 1. The van der Waals surface area contributed by atoms with Crippen molar-refractivity contribution in [2.45, 2.75) is 31.1 Å². The lowest BCUT2D eigenvalue weighted by Gasteiger charge is -2.35. The molecule has 1 aliphatic carbocycles. The van der Waals surface area contributed by atoms with Gasteiger partial charge in [-0.1, -0.05) is 60.7 Å². The molecule has 0 saturated carbocycles. The van der Waals surface area contributed by atoms with Gasteiger partial charge in [0.2, 0.25) is 10.0 Å². The van der Waals surface area contributed by atoms with Crippen LogP contribution in [0.1, 0.15) is 25.3 Å². The Morgan fingerprint density at radius 3 is 2.41 bits per heavy atom. The summed E-state index contributed by atoms with van der Waals surface area (Å²) in [7, 11) is -3.67. The van der Waals surface area contributed by atoms with Crippen molar-refractivity contribution in [3.8, 4) is 6.07 Å². The zero-order chi connectivity index (χ0) is 20.7. The summed E-state index contributed by atoms with van der Waals surface area (Å²) in [4.78, 5) is 2.10. The molecule has 0 radical (unpaired) electrons. The van der Waals surface area contributed by atoms with Gasteiger partial charge >= 0.3 is 0 Å². The summed E-state index contributed by atoms with van der Waals surface area (Å²) in [5.74, 6) is 0. The van der Waals surface area contributed by atoms with Crippen LogP contribution in [0.25, 0.3) is 0 Å². The molecule has 1 atom stereocenters. The lowest BCUT2D eigenvalue weighted by Crippen LogP contribution is -2.41. The van der Waals surface area contributed by atoms with Gasteiger partial charge in [-0.3, -0.25) is 4.72 Å². The van der Waals surface area contributed by atoms with Crippen LogP contribution in [0.15, 0.2) is 84.6 Å². The average Bonchev–Trinajstić information content (AvgIpc) is 2.72. The van der Waals surface area contributed by atoms with E-state index in [0.717, 1.165) is 11.3 Å². The van der Waals surface area contributed by atoms with Crippen LogP contribution in [-0.4, -0.2) is 24.6 Å². The van der Waals surface area contributed by atoms with Crippen molar-refractivity contribution < 1.29 is 8.42 Å². The molecule has 0 spiro atoms. The largest absolute Gasteiger partial charge is 0.369 e. The quantitative estimate of drug-likeness (QED) is 0.702. The lowest BCUT2D eigenvalue weighted by molar-refractivity contribution is 0.324. The van der Waals surface area contributed by atoms with E-state index in [4.69, 9.17) is 5.26 Å². The molecule has 6 heteroatoms. The van der Waals surface area contributed by atoms with E-state index in [9.17, 15) is 8.42 Å². The highest BCUT2D eigenvalue weighted by molar-refractivity contribution is 7.94. The Kier molecular flexibility index (Phi) is 6.40. The number of anilines is 1. The van der Waals surface area contributed by atoms with Crippen LogP contribution in [0, 0.1) is 11.3 Å². The first-order valence-corrected chi connectivity index (χ1v) is 11.0. The molecule has 2 aromatic carbocycles. The van der Waals surface area contributed by atoms with Gasteiger partial charge < -0.3 is 4.90 Å². The first-order chi connectivity index (χ1) is 13.9. The summed E-state index contributed by atoms with van der Waals surface area (Å²) >= 11 is 0. The van der Waals surface area contributed by atoms with Gasteiger partial charge in [-0.25, -0.2) is 8.42 Å². The molecule has 3 rings (SSSR count). The van der Waals surface area contributed by atoms with Crippen LogP contribution in [0.3, 0.4) is 0 Å². The Balaban J connectivity index is 1.82. The molecule has 0 bridgehead atoms. The molecule has 150 valence electrons. The van der Waals surface area contributed by atoms with Crippen LogP contribution in [-0.2, 0) is 16.6 Å². The summed E-state index contributed by atoms with van der Waals surface area (Å²) < 4.78 is 27.9. The molecule has 1 aliphatic rings. The number of allylic oxidation sites excluding steroid dienone is 3. The van der Waals surface area contributed by atoms with Crippen molar-refractivity contribution in [3.63, 3.8) is 0 Å². The van der Waals surface area contributed by atoms with Crippen molar-refractivity contribution in [2.24, 2.45) is 0 Å². The third kappa shape index (κ3) is 5.07. The molecule has 0 aliphatic heterocycles. The molecule has 1 unspecified atom stereocenters. The molecule has 29 heavy (non-hydrogen) atoms. The number of rotatable bonds is 8. The third-order valence-electron chi connectivity index (χ3n) is 5.03. The highest BCUT2D eigenvalue weighted by atomic mass is 32.2.